The second-order valence-electron chi connectivity index (χ2n) is 11.3. The molecule has 1 saturated carbocycles. The van der Waals surface area contributed by atoms with E-state index in [9.17, 15) is 31.1 Å². The van der Waals surface area contributed by atoms with Gasteiger partial charge in [-0.2, -0.15) is 18.2 Å². The van der Waals surface area contributed by atoms with Crippen LogP contribution in [0.2, 0.25) is 0 Å². The van der Waals surface area contributed by atoms with Crippen molar-refractivity contribution in [1.29, 1.82) is 0 Å². The highest BCUT2D eigenvalue weighted by Gasteiger charge is 2.48. The van der Waals surface area contributed by atoms with Crippen molar-refractivity contribution in [2.45, 2.75) is 76.2 Å². The lowest BCUT2D eigenvalue weighted by atomic mass is 9.88. The van der Waals surface area contributed by atoms with Crippen molar-refractivity contribution in [1.82, 2.24) is 19.7 Å². The molecular weight excluding hydrogens is 516 g/mol. The summed E-state index contributed by atoms with van der Waals surface area (Å²) in [6.45, 7) is 6.20. The largest absolute Gasteiger partial charge is 0.444 e. The molecule has 2 aromatic rings. The van der Waals surface area contributed by atoms with Gasteiger partial charge in [0.25, 0.3) is 0 Å². The number of hydrogen-bond donors (Lipinski definition) is 1. The van der Waals surface area contributed by atoms with Crippen molar-refractivity contribution in [2.75, 3.05) is 18.4 Å². The molecule has 0 spiro atoms. The Labute approximate surface area is 215 Å². The van der Waals surface area contributed by atoms with Crippen molar-refractivity contribution in [3.8, 4) is 0 Å². The van der Waals surface area contributed by atoms with Crippen LogP contribution in [-0.2, 0) is 4.74 Å². The zero-order valence-corrected chi connectivity index (χ0v) is 21.2. The standard InChI is InChI=1S/C25H29F6N5O2/c1-24(2,3)38-23(37)35-10-12-4-5-13(11-35)20(12)32-22-33-21-15(14-6-8-16(26)19(28)18(14)27)7-9-17(25(29,30)31)36(21)34-22/h6,8,12-13,15,17,20H,4-5,7,9-11H2,1-3H3,(H,32,34)/t12-,13?,15?,17?,20?/m0/s1. The number of piperidine rings is 1. The average molecular weight is 546 g/mol. The van der Waals surface area contributed by atoms with E-state index < -0.39 is 53.7 Å². The van der Waals surface area contributed by atoms with Crippen LogP contribution in [0.1, 0.15) is 69.8 Å². The summed E-state index contributed by atoms with van der Waals surface area (Å²) < 4.78 is 89.8. The number of carbonyl (C=O) groups is 1. The molecular formula is C25H29F6N5O2. The highest BCUT2D eigenvalue weighted by atomic mass is 19.4. The Bertz CT molecular complexity index is 1210. The average Bonchev–Trinajstić information content (AvgIpc) is 3.31. The SMILES string of the molecule is CC(C)(C)OC(=O)N1CC2CC[C@@H](C1)C2Nc1nc2n(n1)C(C(F)(F)F)CCC2c1ccc(F)c(F)c1F. The normalized spacial score (nSPS) is 27.3. The third kappa shape index (κ3) is 4.91. The Kier molecular flexibility index (Phi) is 6.54. The van der Waals surface area contributed by atoms with E-state index in [0.717, 1.165) is 29.7 Å². The van der Waals surface area contributed by atoms with E-state index in [1.807, 2.05) is 0 Å². The van der Waals surface area contributed by atoms with Gasteiger partial charge in [-0.15, -0.1) is 5.10 Å². The minimum Gasteiger partial charge on any atom is -0.444 e. The van der Waals surface area contributed by atoms with Crippen LogP contribution in [0.4, 0.5) is 37.1 Å². The first-order valence-electron chi connectivity index (χ1n) is 12.6. The molecule has 2 bridgehead atoms. The van der Waals surface area contributed by atoms with Crippen LogP contribution < -0.4 is 5.32 Å². The third-order valence-corrected chi connectivity index (χ3v) is 7.59. The maximum atomic E-state index is 14.6. The Morgan fingerprint density at radius 2 is 1.66 bits per heavy atom. The topological polar surface area (TPSA) is 72.3 Å². The van der Waals surface area contributed by atoms with E-state index >= 15 is 0 Å². The van der Waals surface area contributed by atoms with Crippen LogP contribution in [0.25, 0.3) is 0 Å². The quantitative estimate of drug-likeness (QED) is 0.391. The minimum absolute atomic E-state index is 0.0136. The Hall–Kier alpha value is -2.99. The second-order valence-corrected chi connectivity index (χ2v) is 11.3. The molecule has 1 amide bonds. The van der Waals surface area contributed by atoms with Crippen LogP contribution in [0.15, 0.2) is 12.1 Å². The molecule has 5 rings (SSSR count). The number of amides is 1. The number of nitrogens with zero attached hydrogens (tertiary/aromatic N) is 4. The van der Waals surface area contributed by atoms with Gasteiger partial charge in [0.15, 0.2) is 17.5 Å². The molecule has 7 nitrogen and oxygen atoms in total. The number of anilines is 1. The highest BCUT2D eigenvalue weighted by Crippen LogP contribution is 2.45. The van der Waals surface area contributed by atoms with E-state index in [4.69, 9.17) is 4.74 Å². The van der Waals surface area contributed by atoms with Gasteiger partial charge in [0.05, 0.1) is 0 Å². The number of aromatic nitrogens is 3. The molecule has 4 unspecified atom stereocenters. The summed E-state index contributed by atoms with van der Waals surface area (Å²) in [5.74, 6) is -5.72. The number of hydrogen-bond acceptors (Lipinski definition) is 5. The lowest BCUT2D eigenvalue weighted by Crippen LogP contribution is -2.51. The number of nitrogens with one attached hydrogen (secondary N) is 1. The van der Waals surface area contributed by atoms with E-state index in [1.165, 1.54) is 0 Å². The van der Waals surface area contributed by atoms with Crippen molar-refractivity contribution in [3.63, 3.8) is 0 Å². The van der Waals surface area contributed by atoms with Crippen molar-refractivity contribution < 1.29 is 35.9 Å². The Morgan fingerprint density at radius 1 is 1.00 bits per heavy atom. The second kappa shape index (κ2) is 9.33. The number of benzene rings is 1. The highest BCUT2D eigenvalue weighted by molar-refractivity contribution is 5.68. The van der Waals surface area contributed by atoms with Crippen LogP contribution in [0.3, 0.4) is 0 Å². The van der Waals surface area contributed by atoms with Crippen LogP contribution in [-0.4, -0.2) is 56.7 Å². The van der Waals surface area contributed by atoms with Gasteiger partial charge in [-0.25, -0.2) is 22.6 Å². The predicted molar refractivity (Wildman–Crippen MR) is 124 cm³/mol. The maximum Gasteiger partial charge on any atom is 0.410 e. The van der Waals surface area contributed by atoms with E-state index in [2.05, 4.69) is 15.4 Å². The van der Waals surface area contributed by atoms with Gasteiger partial charge in [0.2, 0.25) is 5.95 Å². The fourth-order valence-corrected chi connectivity index (χ4v) is 5.93. The zero-order valence-electron chi connectivity index (χ0n) is 21.2. The van der Waals surface area contributed by atoms with Gasteiger partial charge < -0.3 is 15.0 Å². The lowest BCUT2D eigenvalue weighted by molar-refractivity contribution is -0.175. The molecule has 1 aromatic carbocycles. The summed E-state index contributed by atoms with van der Waals surface area (Å²) in [4.78, 5) is 18.5. The lowest BCUT2D eigenvalue weighted by Gasteiger charge is -2.38. The number of rotatable bonds is 3. The van der Waals surface area contributed by atoms with Crippen LogP contribution >= 0.6 is 0 Å². The third-order valence-electron chi connectivity index (χ3n) is 7.59. The summed E-state index contributed by atoms with van der Waals surface area (Å²) in [5.41, 5.74) is -0.904. The summed E-state index contributed by atoms with van der Waals surface area (Å²) in [6, 6.07) is -0.373. The molecule has 1 N–H and O–H groups in total. The first kappa shape index (κ1) is 26.6. The monoisotopic (exact) mass is 545 g/mol. The molecule has 0 radical (unpaired) electrons. The van der Waals surface area contributed by atoms with Gasteiger partial charge in [0.1, 0.15) is 17.5 Å². The number of halogens is 6. The fraction of sp³-hybridized carbons (Fsp3) is 0.640. The summed E-state index contributed by atoms with van der Waals surface area (Å²) in [5, 5.41) is 7.29. The molecule has 5 atom stereocenters. The van der Waals surface area contributed by atoms with Gasteiger partial charge in [-0.1, -0.05) is 6.07 Å². The first-order chi connectivity index (χ1) is 17.7. The number of likely N-dealkylation sites (tertiary alicyclic amines) is 1. The van der Waals surface area contributed by atoms with E-state index in [1.54, 1.807) is 25.7 Å². The molecule has 1 saturated heterocycles. The minimum atomic E-state index is -4.63. The van der Waals surface area contributed by atoms with Crippen molar-refractivity contribution in [2.24, 2.45) is 11.8 Å². The predicted octanol–water partition coefficient (Wildman–Crippen LogP) is 5.78. The van der Waals surface area contributed by atoms with Gasteiger partial charge in [-0.3, -0.25) is 0 Å². The molecule has 2 aliphatic heterocycles. The molecule has 13 heteroatoms. The smallest absolute Gasteiger partial charge is 0.410 e. The number of fused-ring (bicyclic) bond motifs is 3. The summed E-state index contributed by atoms with van der Waals surface area (Å²) >= 11 is 0. The van der Waals surface area contributed by atoms with Gasteiger partial charge in [0, 0.05) is 30.6 Å². The molecule has 3 aliphatic rings. The Balaban J connectivity index is 1.41. The summed E-state index contributed by atoms with van der Waals surface area (Å²) in [7, 11) is 0. The van der Waals surface area contributed by atoms with Crippen LogP contribution in [0.5, 0.6) is 0 Å². The first-order valence-corrected chi connectivity index (χ1v) is 12.6. The number of carbonyl (C=O) groups excluding carboxylic acids is 1. The molecule has 208 valence electrons. The summed E-state index contributed by atoms with van der Waals surface area (Å²) in [6.07, 6.45) is -4.00. The molecule has 3 heterocycles. The molecule has 2 fully saturated rings. The zero-order chi connectivity index (χ0) is 27.6. The Morgan fingerprint density at radius 3 is 2.26 bits per heavy atom. The van der Waals surface area contributed by atoms with Crippen molar-refractivity contribution in [3.05, 3.63) is 41.0 Å². The molecule has 1 aliphatic carbocycles. The number of alkyl halides is 3. The van der Waals surface area contributed by atoms with Crippen molar-refractivity contribution >= 4 is 12.0 Å². The van der Waals surface area contributed by atoms with Crippen LogP contribution in [0, 0.1) is 29.3 Å². The van der Waals surface area contributed by atoms with Gasteiger partial charge in [-0.05, 0) is 64.4 Å². The molecule has 38 heavy (non-hydrogen) atoms. The van der Waals surface area contributed by atoms with E-state index in [-0.39, 0.29) is 41.6 Å². The molecule has 1 aromatic heterocycles. The van der Waals surface area contributed by atoms with E-state index in [0.29, 0.717) is 13.1 Å². The van der Waals surface area contributed by atoms with Gasteiger partial charge >= 0.3 is 12.3 Å². The maximum absolute atomic E-state index is 14.6. The fourth-order valence-electron chi connectivity index (χ4n) is 5.93. The number of ether oxygens (including phenoxy) is 1.